The molecule has 2 amide bonds. The van der Waals surface area contributed by atoms with Crippen molar-refractivity contribution < 1.29 is 14.7 Å². The van der Waals surface area contributed by atoms with Gasteiger partial charge in [0.25, 0.3) is 5.91 Å². The van der Waals surface area contributed by atoms with E-state index < -0.39 is 0 Å². The Hall–Kier alpha value is -1.40. The van der Waals surface area contributed by atoms with Gasteiger partial charge in [-0.2, -0.15) is 0 Å². The minimum absolute atomic E-state index is 0.0354. The van der Waals surface area contributed by atoms with Gasteiger partial charge in [-0.1, -0.05) is 6.07 Å². The monoisotopic (exact) mass is 322 g/mol. The van der Waals surface area contributed by atoms with Crippen molar-refractivity contribution in [1.82, 2.24) is 10.2 Å². The van der Waals surface area contributed by atoms with Crippen LogP contribution in [0.4, 0.5) is 0 Å². The van der Waals surface area contributed by atoms with Gasteiger partial charge in [0, 0.05) is 12.6 Å². The summed E-state index contributed by atoms with van der Waals surface area (Å²) in [6, 6.07) is 3.45. The zero-order valence-electron chi connectivity index (χ0n) is 12.5. The molecule has 1 saturated heterocycles. The average molecular weight is 322 g/mol. The smallest absolute Gasteiger partial charge is 0.264 e. The Balaban J connectivity index is 1.60. The molecule has 1 aliphatic heterocycles. The van der Waals surface area contributed by atoms with E-state index in [4.69, 9.17) is 0 Å². The van der Waals surface area contributed by atoms with E-state index in [0.29, 0.717) is 11.4 Å². The van der Waals surface area contributed by atoms with E-state index >= 15 is 0 Å². The average Bonchev–Trinajstić information content (AvgIpc) is 3.20. The molecule has 3 rings (SSSR count). The molecule has 1 atom stereocenters. The first-order chi connectivity index (χ1) is 10.6. The summed E-state index contributed by atoms with van der Waals surface area (Å²) in [4.78, 5) is 27.4. The molecule has 2 aliphatic rings. The van der Waals surface area contributed by atoms with Gasteiger partial charge in [0.05, 0.1) is 11.0 Å². The number of amides is 2. The van der Waals surface area contributed by atoms with Crippen molar-refractivity contribution in [3.05, 3.63) is 22.4 Å². The lowest BCUT2D eigenvalue weighted by Gasteiger charge is -2.29. The number of nitrogens with zero attached hydrogens (tertiary/aromatic N) is 1. The van der Waals surface area contributed by atoms with Gasteiger partial charge in [-0.25, -0.2) is 0 Å². The molecule has 6 heteroatoms. The second-order valence-electron chi connectivity index (χ2n) is 6.15. The number of likely N-dealkylation sites (tertiary alicyclic amines) is 1. The predicted octanol–water partition coefficient (Wildman–Crippen LogP) is 1.77. The van der Waals surface area contributed by atoms with Crippen molar-refractivity contribution in [3.8, 4) is 0 Å². The molecule has 1 aromatic rings. The SMILES string of the molecule is O=C(NC1CCC(O)CC1)C1CCCN1C(=O)c1cccs1. The van der Waals surface area contributed by atoms with E-state index in [0.717, 1.165) is 38.5 Å². The van der Waals surface area contributed by atoms with Crippen LogP contribution < -0.4 is 5.32 Å². The molecule has 1 saturated carbocycles. The number of carbonyl (C=O) groups is 2. The second-order valence-corrected chi connectivity index (χ2v) is 7.10. The molecule has 1 unspecified atom stereocenters. The number of aliphatic hydroxyl groups excluding tert-OH is 1. The highest BCUT2D eigenvalue weighted by Crippen LogP contribution is 2.24. The number of aliphatic hydroxyl groups is 1. The molecule has 0 radical (unpaired) electrons. The summed E-state index contributed by atoms with van der Waals surface area (Å²) in [6.07, 6.45) is 4.51. The third kappa shape index (κ3) is 3.33. The molecule has 120 valence electrons. The predicted molar refractivity (Wildman–Crippen MR) is 84.8 cm³/mol. The van der Waals surface area contributed by atoms with Gasteiger partial charge >= 0.3 is 0 Å². The van der Waals surface area contributed by atoms with Gasteiger partial charge in [0.2, 0.25) is 5.91 Å². The first-order valence-corrected chi connectivity index (χ1v) is 8.86. The Morgan fingerprint density at radius 2 is 2.00 bits per heavy atom. The topological polar surface area (TPSA) is 69.6 Å². The Morgan fingerprint density at radius 1 is 1.23 bits per heavy atom. The third-order valence-electron chi connectivity index (χ3n) is 4.59. The van der Waals surface area contributed by atoms with Crippen LogP contribution in [0.2, 0.25) is 0 Å². The van der Waals surface area contributed by atoms with E-state index in [1.165, 1.54) is 11.3 Å². The van der Waals surface area contributed by atoms with Crippen LogP contribution in [0.3, 0.4) is 0 Å². The Morgan fingerprint density at radius 3 is 2.68 bits per heavy atom. The fourth-order valence-electron chi connectivity index (χ4n) is 3.34. The molecular weight excluding hydrogens is 300 g/mol. The normalized spacial score (nSPS) is 28.6. The van der Waals surface area contributed by atoms with Crippen molar-refractivity contribution >= 4 is 23.2 Å². The van der Waals surface area contributed by atoms with Gasteiger partial charge < -0.3 is 15.3 Å². The van der Waals surface area contributed by atoms with Gasteiger partial charge in [0.1, 0.15) is 6.04 Å². The lowest BCUT2D eigenvalue weighted by molar-refractivity contribution is -0.125. The zero-order chi connectivity index (χ0) is 15.5. The number of nitrogens with one attached hydrogen (secondary N) is 1. The zero-order valence-corrected chi connectivity index (χ0v) is 13.3. The summed E-state index contributed by atoms with van der Waals surface area (Å²) in [7, 11) is 0. The summed E-state index contributed by atoms with van der Waals surface area (Å²) in [6.45, 7) is 0.651. The van der Waals surface area contributed by atoms with Crippen LogP contribution in [0, 0.1) is 0 Å². The number of hydrogen-bond acceptors (Lipinski definition) is 4. The van der Waals surface area contributed by atoms with Gasteiger partial charge in [-0.05, 0) is 50.0 Å². The Kier molecular flexibility index (Phi) is 4.78. The lowest BCUT2D eigenvalue weighted by atomic mass is 9.93. The molecule has 0 bridgehead atoms. The standard InChI is InChI=1S/C16H22N2O3S/c19-12-7-5-11(6-8-12)17-15(20)13-3-1-9-18(13)16(21)14-4-2-10-22-14/h2,4,10-13,19H,1,3,5-9H2,(H,17,20). The summed E-state index contributed by atoms with van der Waals surface area (Å²) in [5.74, 6) is -0.0736. The molecule has 2 heterocycles. The van der Waals surface area contributed by atoms with Crippen LogP contribution in [0.15, 0.2) is 17.5 Å². The molecule has 0 aromatic carbocycles. The van der Waals surface area contributed by atoms with E-state index in [-0.39, 0.29) is 30.0 Å². The minimum atomic E-state index is -0.346. The van der Waals surface area contributed by atoms with Crippen LogP contribution in [0.1, 0.15) is 48.2 Å². The molecule has 1 aliphatic carbocycles. The van der Waals surface area contributed by atoms with Gasteiger partial charge in [-0.15, -0.1) is 11.3 Å². The first kappa shape index (κ1) is 15.5. The molecule has 22 heavy (non-hydrogen) atoms. The molecule has 2 fully saturated rings. The maximum absolute atomic E-state index is 12.5. The van der Waals surface area contributed by atoms with Crippen LogP contribution in [0.5, 0.6) is 0 Å². The van der Waals surface area contributed by atoms with Crippen LogP contribution in [0.25, 0.3) is 0 Å². The number of rotatable bonds is 3. The van der Waals surface area contributed by atoms with Crippen molar-refractivity contribution in [2.45, 2.75) is 56.7 Å². The summed E-state index contributed by atoms with van der Waals surface area (Å²) < 4.78 is 0. The summed E-state index contributed by atoms with van der Waals surface area (Å²) >= 11 is 1.42. The Bertz CT molecular complexity index is 524. The molecule has 5 nitrogen and oxygen atoms in total. The second kappa shape index (κ2) is 6.79. The van der Waals surface area contributed by atoms with E-state index in [9.17, 15) is 14.7 Å². The summed E-state index contributed by atoms with van der Waals surface area (Å²) in [5, 5.41) is 14.5. The van der Waals surface area contributed by atoms with Gasteiger partial charge in [-0.3, -0.25) is 9.59 Å². The third-order valence-corrected chi connectivity index (χ3v) is 5.45. The fraction of sp³-hybridized carbons (Fsp3) is 0.625. The number of thiophene rings is 1. The minimum Gasteiger partial charge on any atom is -0.393 e. The molecule has 0 spiro atoms. The lowest BCUT2D eigenvalue weighted by Crippen LogP contribution is -2.49. The van der Waals surface area contributed by atoms with Crippen LogP contribution in [-0.4, -0.2) is 46.6 Å². The largest absolute Gasteiger partial charge is 0.393 e. The summed E-state index contributed by atoms with van der Waals surface area (Å²) in [5.41, 5.74) is 0. The molecule has 1 aromatic heterocycles. The van der Waals surface area contributed by atoms with Crippen molar-refractivity contribution in [3.63, 3.8) is 0 Å². The molecular formula is C16H22N2O3S. The van der Waals surface area contributed by atoms with E-state index in [2.05, 4.69) is 5.32 Å². The van der Waals surface area contributed by atoms with Gasteiger partial charge in [0.15, 0.2) is 0 Å². The van der Waals surface area contributed by atoms with Crippen LogP contribution in [-0.2, 0) is 4.79 Å². The number of carbonyl (C=O) groups excluding carboxylic acids is 2. The van der Waals surface area contributed by atoms with Crippen molar-refractivity contribution in [1.29, 1.82) is 0 Å². The van der Waals surface area contributed by atoms with Crippen molar-refractivity contribution in [2.24, 2.45) is 0 Å². The highest BCUT2D eigenvalue weighted by molar-refractivity contribution is 7.12. The maximum Gasteiger partial charge on any atom is 0.264 e. The quantitative estimate of drug-likeness (QED) is 0.891. The fourth-order valence-corrected chi connectivity index (χ4v) is 4.02. The van der Waals surface area contributed by atoms with E-state index in [1.807, 2.05) is 17.5 Å². The van der Waals surface area contributed by atoms with Crippen molar-refractivity contribution in [2.75, 3.05) is 6.54 Å². The molecule has 2 N–H and O–H groups in total. The number of hydrogen-bond donors (Lipinski definition) is 2. The van der Waals surface area contributed by atoms with Crippen LogP contribution >= 0.6 is 11.3 Å². The first-order valence-electron chi connectivity index (χ1n) is 7.98. The maximum atomic E-state index is 12.5. The highest BCUT2D eigenvalue weighted by Gasteiger charge is 2.35. The Labute approximate surface area is 134 Å². The van der Waals surface area contributed by atoms with E-state index in [1.54, 1.807) is 4.90 Å². The highest BCUT2D eigenvalue weighted by atomic mass is 32.1.